The van der Waals surface area contributed by atoms with Crippen LogP contribution in [-0.4, -0.2) is 81.9 Å². The number of nitrogens with one attached hydrogen (secondary N) is 2. The van der Waals surface area contributed by atoms with Crippen molar-refractivity contribution in [1.29, 1.82) is 0 Å². The van der Waals surface area contributed by atoms with E-state index in [0.717, 1.165) is 17.3 Å². The summed E-state index contributed by atoms with van der Waals surface area (Å²) in [6.45, 7) is 1.56. The van der Waals surface area contributed by atoms with Gasteiger partial charge in [-0.2, -0.15) is 22.0 Å². The third-order valence-corrected chi connectivity index (χ3v) is 9.23. The van der Waals surface area contributed by atoms with E-state index in [4.69, 9.17) is 14.6 Å². The molecule has 0 radical (unpaired) electrons. The third kappa shape index (κ3) is 7.67. The number of thiazole rings is 1. The Hall–Kier alpha value is -3.72. The summed E-state index contributed by atoms with van der Waals surface area (Å²) < 4.78 is 17.3. The van der Waals surface area contributed by atoms with Crippen LogP contribution in [0.4, 0.5) is 5.13 Å². The molecule has 1 saturated heterocycles. The molecule has 3 amide bonds. The Balaban J connectivity index is 1.53. The van der Waals surface area contributed by atoms with Gasteiger partial charge in [0.05, 0.1) is 5.69 Å². The average molecular weight is 702 g/mol. The van der Waals surface area contributed by atoms with Gasteiger partial charge in [-0.1, -0.05) is 16.9 Å². The fraction of sp³-hybridized carbons (Fsp3) is 0.227. The number of amides is 3. The smallest absolute Gasteiger partial charge is 0.429 e. The molecule has 232 valence electrons. The van der Waals surface area contributed by atoms with Gasteiger partial charge in [0.2, 0.25) is 16.7 Å². The van der Waals surface area contributed by atoms with Gasteiger partial charge in [-0.15, -0.1) is 11.3 Å². The lowest BCUT2D eigenvalue weighted by Gasteiger charge is -2.36. The number of hydrogen-bond donors (Lipinski definition) is 6. The molecule has 0 aliphatic carbocycles. The SMILES string of the molecule is CCO/N=C(\C(=O)NC1C(=O)N(C(C(=O)O)=C(CS)Sc2nc(-c3cc[n+](C)cc3)cs2)C1=O)c1nsc(NP(=O)(O)O)n1. The zero-order valence-electron chi connectivity index (χ0n) is 22.5. The maximum absolute atomic E-state index is 13.0. The summed E-state index contributed by atoms with van der Waals surface area (Å²) in [6, 6.07) is 1.95. The zero-order valence-corrected chi connectivity index (χ0v) is 26.7. The first-order chi connectivity index (χ1) is 20.8. The number of hydrogen-bond acceptors (Lipinski definition) is 14. The first kappa shape index (κ1) is 33.2. The minimum atomic E-state index is -4.73. The van der Waals surface area contributed by atoms with Gasteiger partial charge < -0.3 is 25.0 Å². The largest absolute Gasteiger partial charge is 0.477 e. The van der Waals surface area contributed by atoms with Gasteiger partial charge in [0.25, 0.3) is 17.7 Å². The number of thiol groups is 1. The molecule has 0 aromatic carbocycles. The number of imide groups is 1. The monoisotopic (exact) mass is 701 g/mol. The second-order valence-electron chi connectivity index (χ2n) is 8.44. The van der Waals surface area contributed by atoms with Crippen LogP contribution < -0.4 is 15.0 Å². The fourth-order valence-electron chi connectivity index (χ4n) is 3.46. The Bertz CT molecular complexity index is 1700. The van der Waals surface area contributed by atoms with Crippen molar-refractivity contribution < 1.29 is 48.0 Å². The van der Waals surface area contributed by atoms with Crippen molar-refractivity contribution >= 4 is 89.5 Å². The molecule has 1 fully saturated rings. The summed E-state index contributed by atoms with van der Waals surface area (Å²) in [7, 11) is -2.86. The molecule has 44 heavy (non-hydrogen) atoms. The van der Waals surface area contributed by atoms with Gasteiger partial charge in [0, 0.05) is 45.3 Å². The van der Waals surface area contributed by atoms with Crippen LogP contribution >= 0.6 is 55.0 Å². The number of thioether (sulfide) groups is 1. The topological polar surface area (TPSA) is 237 Å². The van der Waals surface area contributed by atoms with E-state index in [1.165, 1.54) is 11.3 Å². The first-order valence-corrected chi connectivity index (χ1v) is 16.8. The number of anilines is 1. The van der Waals surface area contributed by atoms with E-state index >= 15 is 0 Å². The average Bonchev–Trinajstić information content (AvgIpc) is 3.62. The van der Waals surface area contributed by atoms with Crippen molar-refractivity contribution in [3.05, 3.63) is 46.3 Å². The zero-order chi connectivity index (χ0) is 32.2. The quantitative estimate of drug-likeness (QED) is 0.0165. The van der Waals surface area contributed by atoms with E-state index in [2.05, 4.69) is 37.4 Å². The molecule has 0 saturated carbocycles. The first-order valence-electron chi connectivity index (χ1n) is 12.1. The Morgan fingerprint density at radius 1 is 1.25 bits per heavy atom. The summed E-state index contributed by atoms with van der Waals surface area (Å²) in [5.74, 6) is -5.36. The number of oxime groups is 1. The lowest BCUT2D eigenvalue weighted by molar-refractivity contribution is -0.671. The maximum Gasteiger partial charge on any atom is 0.429 e. The standard InChI is InChI=1S/C22H21N8O9PS4/c1-3-39-26-13(16-25-21(44-28-16)27-40(36,37)38)17(31)24-14-18(32)30(19(14)33)15(20(34)35)12(8-41)43-22-23-11(9-42-22)10-4-6-29(2)7-5-10/h4-7,9,14H,3,8H2,1-2H3,(H5-,24,25,27,28,31,34,35,36,37,38,41)/p+1/b15-12?,26-13-. The van der Waals surface area contributed by atoms with Gasteiger partial charge in [0.15, 0.2) is 22.8 Å². The molecule has 0 bridgehead atoms. The van der Waals surface area contributed by atoms with Crippen molar-refractivity contribution in [2.45, 2.75) is 17.3 Å². The predicted molar refractivity (Wildman–Crippen MR) is 161 cm³/mol. The Kier molecular flexibility index (Phi) is 10.5. The number of rotatable bonds is 13. The molecule has 0 unspecified atom stereocenters. The van der Waals surface area contributed by atoms with E-state index in [1.54, 1.807) is 17.4 Å². The number of carboxylic acid groups (broad SMARTS) is 1. The highest BCUT2D eigenvalue weighted by atomic mass is 32.2. The van der Waals surface area contributed by atoms with E-state index in [-0.39, 0.29) is 22.4 Å². The number of aromatic nitrogens is 4. The molecular formula is C22H22N8O9PS4+. The summed E-state index contributed by atoms with van der Waals surface area (Å²) >= 11 is 6.88. The highest BCUT2D eigenvalue weighted by molar-refractivity contribution is 8.05. The van der Waals surface area contributed by atoms with Crippen molar-refractivity contribution in [3.63, 3.8) is 0 Å². The molecule has 22 heteroatoms. The third-order valence-electron chi connectivity index (χ3n) is 5.39. The normalized spacial score (nSPS) is 14.7. The minimum absolute atomic E-state index is 0.00515. The van der Waals surface area contributed by atoms with Crippen LogP contribution in [0.2, 0.25) is 0 Å². The van der Waals surface area contributed by atoms with E-state index in [9.17, 15) is 28.8 Å². The number of likely N-dealkylation sites (tertiary alicyclic amines) is 1. The molecule has 4 rings (SSSR count). The van der Waals surface area contributed by atoms with Crippen molar-refractivity contribution in [1.82, 2.24) is 24.6 Å². The predicted octanol–water partition coefficient (Wildman–Crippen LogP) is 0.603. The lowest BCUT2D eigenvalue weighted by Crippen LogP contribution is -2.68. The molecular weight excluding hydrogens is 680 g/mol. The van der Waals surface area contributed by atoms with Crippen LogP contribution in [0.3, 0.4) is 0 Å². The molecule has 0 atom stereocenters. The molecule has 0 spiro atoms. The van der Waals surface area contributed by atoms with E-state index in [0.29, 0.717) is 26.5 Å². The number of carboxylic acids is 1. The molecule has 3 aromatic heterocycles. The second-order valence-corrected chi connectivity index (χ2v) is 13.0. The van der Waals surface area contributed by atoms with Crippen LogP contribution in [0.15, 0.2) is 50.0 Å². The Morgan fingerprint density at radius 3 is 2.52 bits per heavy atom. The minimum Gasteiger partial charge on any atom is -0.477 e. The van der Waals surface area contributed by atoms with Crippen molar-refractivity contribution in [3.8, 4) is 11.3 Å². The lowest BCUT2D eigenvalue weighted by atomic mass is 10.0. The Labute approximate surface area is 265 Å². The fourth-order valence-corrected chi connectivity index (χ4v) is 6.94. The second kappa shape index (κ2) is 13.9. The van der Waals surface area contributed by atoms with Gasteiger partial charge in [-0.05, 0) is 6.92 Å². The molecule has 1 aliphatic rings. The highest BCUT2D eigenvalue weighted by Crippen LogP contribution is 2.37. The molecule has 17 nitrogen and oxygen atoms in total. The summed E-state index contributed by atoms with van der Waals surface area (Å²) in [4.78, 5) is 83.1. The van der Waals surface area contributed by atoms with Crippen LogP contribution in [0.1, 0.15) is 12.7 Å². The summed E-state index contributed by atoms with van der Waals surface area (Å²) in [5, 5.41) is 18.9. The summed E-state index contributed by atoms with van der Waals surface area (Å²) in [5.41, 5.74) is 0.248. The molecule has 1 aliphatic heterocycles. The van der Waals surface area contributed by atoms with Crippen LogP contribution in [0.5, 0.6) is 0 Å². The van der Waals surface area contributed by atoms with Crippen molar-refractivity contribution in [2.24, 2.45) is 12.2 Å². The van der Waals surface area contributed by atoms with Gasteiger partial charge >= 0.3 is 13.7 Å². The number of aryl methyl sites for hydroxylation is 1. The van der Waals surface area contributed by atoms with Gasteiger partial charge in [-0.25, -0.2) is 23.8 Å². The number of pyridine rings is 1. The van der Waals surface area contributed by atoms with Gasteiger partial charge in [-0.3, -0.25) is 19.5 Å². The number of carbonyl (C=O) groups excluding carboxylic acids is 3. The van der Waals surface area contributed by atoms with Gasteiger partial charge in [0.1, 0.15) is 19.4 Å². The Morgan fingerprint density at radius 2 is 1.93 bits per heavy atom. The maximum atomic E-state index is 13.0. The number of carbonyl (C=O) groups is 4. The van der Waals surface area contributed by atoms with E-state index in [1.807, 2.05) is 36.1 Å². The van der Waals surface area contributed by atoms with Crippen LogP contribution in [0, 0.1) is 0 Å². The highest BCUT2D eigenvalue weighted by Gasteiger charge is 2.52. The number of nitrogens with zero attached hydrogens (tertiary/aromatic N) is 6. The summed E-state index contributed by atoms with van der Waals surface area (Å²) in [6.07, 6.45) is 3.69. The van der Waals surface area contributed by atoms with Crippen LogP contribution in [0.25, 0.3) is 11.3 Å². The number of aliphatic carboxylic acids is 1. The van der Waals surface area contributed by atoms with Crippen LogP contribution in [-0.2, 0) is 35.6 Å². The number of β-lactam (4-membered cyclic amide) rings is 2. The molecule has 3 aromatic rings. The molecule has 5 N–H and O–H groups in total. The van der Waals surface area contributed by atoms with Crippen molar-refractivity contribution in [2.75, 3.05) is 17.4 Å². The van der Waals surface area contributed by atoms with E-state index < -0.39 is 54.7 Å². The molecule has 4 heterocycles.